The van der Waals surface area contributed by atoms with E-state index in [2.05, 4.69) is 160 Å². The molecule has 0 saturated carbocycles. The summed E-state index contributed by atoms with van der Waals surface area (Å²) < 4.78 is 34.2. The molecular formula is C70H116NO8P. The molecule has 0 aromatic rings. The van der Waals surface area contributed by atoms with E-state index in [4.69, 9.17) is 18.5 Å². The Balaban J connectivity index is 4.24. The molecule has 0 heterocycles. The minimum atomic E-state index is -4.66. The Morgan fingerprint density at radius 2 is 0.713 bits per heavy atom. The van der Waals surface area contributed by atoms with Crippen LogP contribution in [0, 0.1) is 0 Å². The molecule has 0 saturated heterocycles. The predicted molar refractivity (Wildman–Crippen MR) is 341 cm³/mol. The molecule has 454 valence electrons. The second-order valence-electron chi connectivity index (χ2n) is 21.7. The van der Waals surface area contributed by atoms with E-state index in [0.29, 0.717) is 23.9 Å². The molecule has 0 radical (unpaired) electrons. The quantitative estimate of drug-likeness (QED) is 0.0195. The van der Waals surface area contributed by atoms with Crippen LogP contribution < -0.4 is 4.89 Å². The molecule has 0 rings (SSSR count). The molecule has 80 heavy (non-hydrogen) atoms. The third-order valence-corrected chi connectivity index (χ3v) is 13.8. The van der Waals surface area contributed by atoms with Crippen molar-refractivity contribution in [2.24, 2.45) is 0 Å². The SMILES string of the molecule is CC/C=C\C/C=C\C/C=C\C/C=C\C/C=C\C/C=C\C/C=C\C/C=C\C/C=C\C/C=C\CCCCCCC(=O)OC(COC(=O)CCCCCCCCCCC/C=C\C/C=C\CCCCCCC)COP(=O)([O-])OCC[N+](C)(C)C. The smallest absolute Gasteiger partial charge is 0.306 e. The van der Waals surface area contributed by atoms with Crippen LogP contribution in [0.5, 0.6) is 0 Å². The van der Waals surface area contributed by atoms with Crippen molar-refractivity contribution in [3.05, 3.63) is 146 Å². The number of likely N-dealkylation sites (N-methyl/N-ethyl adjacent to an activating group) is 1. The summed E-state index contributed by atoms with van der Waals surface area (Å²) in [7, 11) is 1.13. The lowest BCUT2D eigenvalue weighted by molar-refractivity contribution is -0.870. The van der Waals surface area contributed by atoms with E-state index in [9.17, 15) is 19.0 Å². The molecule has 10 heteroatoms. The highest BCUT2D eigenvalue weighted by atomic mass is 31.2. The first kappa shape index (κ1) is 75.9. The van der Waals surface area contributed by atoms with E-state index in [-0.39, 0.29) is 26.1 Å². The van der Waals surface area contributed by atoms with Crippen LogP contribution in [0.4, 0.5) is 0 Å². The van der Waals surface area contributed by atoms with Crippen LogP contribution in [0.15, 0.2) is 146 Å². The number of unbranched alkanes of at least 4 members (excludes halogenated alkanes) is 18. The molecule has 0 aliphatic rings. The number of carbonyl (C=O) groups is 2. The van der Waals surface area contributed by atoms with Crippen molar-refractivity contribution in [1.82, 2.24) is 0 Å². The molecular weight excluding hydrogens is 1010 g/mol. The number of phosphoric acid groups is 1. The highest BCUT2D eigenvalue weighted by Crippen LogP contribution is 2.38. The molecule has 0 aliphatic carbocycles. The minimum Gasteiger partial charge on any atom is -0.756 e. The largest absolute Gasteiger partial charge is 0.756 e. The Hall–Kier alpha value is -4.11. The Labute approximate surface area is 491 Å². The fourth-order valence-corrected chi connectivity index (χ4v) is 8.74. The van der Waals surface area contributed by atoms with Gasteiger partial charge in [0.25, 0.3) is 7.82 Å². The number of nitrogens with zero attached hydrogens (tertiary/aromatic N) is 1. The molecule has 2 atom stereocenters. The van der Waals surface area contributed by atoms with Crippen molar-refractivity contribution in [2.75, 3.05) is 47.5 Å². The molecule has 9 nitrogen and oxygen atoms in total. The van der Waals surface area contributed by atoms with Crippen molar-refractivity contribution in [2.45, 2.75) is 238 Å². The van der Waals surface area contributed by atoms with Crippen molar-refractivity contribution in [3.8, 4) is 0 Å². The number of hydrogen-bond acceptors (Lipinski definition) is 8. The van der Waals surface area contributed by atoms with Gasteiger partial charge in [-0.05, 0) is 122 Å². The topological polar surface area (TPSA) is 111 Å². The van der Waals surface area contributed by atoms with Gasteiger partial charge in [0.15, 0.2) is 6.10 Å². The van der Waals surface area contributed by atoms with E-state index >= 15 is 0 Å². The second kappa shape index (κ2) is 59.5. The zero-order valence-electron chi connectivity index (χ0n) is 51.5. The number of hydrogen-bond donors (Lipinski definition) is 0. The molecule has 0 aromatic carbocycles. The molecule has 0 bridgehead atoms. The number of phosphoric ester groups is 1. The fraction of sp³-hybridized carbons (Fsp3) is 0.629. The number of rotatable bonds is 56. The fourth-order valence-electron chi connectivity index (χ4n) is 8.01. The Morgan fingerprint density at radius 3 is 1.06 bits per heavy atom. The van der Waals surface area contributed by atoms with Crippen LogP contribution in [0.3, 0.4) is 0 Å². The maximum atomic E-state index is 12.8. The number of carbonyl (C=O) groups excluding carboxylic acids is 2. The summed E-state index contributed by atoms with van der Waals surface area (Å²) in [6, 6.07) is 0. The zero-order chi connectivity index (χ0) is 58.4. The molecule has 0 fully saturated rings. The third-order valence-electron chi connectivity index (χ3n) is 12.8. The summed E-state index contributed by atoms with van der Waals surface area (Å²) in [6.07, 6.45) is 87.5. The number of allylic oxidation sites excluding steroid dienone is 24. The summed E-state index contributed by atoms with van der Waals surface area (Å²) >= 11 is 0. The van der Waals surface area contributed by atoms with Crippen molar-refractivity contribution in [3.63, 3.8) is 0 Å². The van der Waals surface area contributed by atoms with Gasteiger partial charge in [0.1, 0.15) is 19.8 Å². The third kappa shape index (κ3) is 63.1. The van der Waals surface area contributed by atoms with Crippen LogP contribution in [-0.4, -0.2) is 70.0 Å². The Bertz CT molecular complexity index is 1860. The van der Waals surface area contributed by atoms with Crippen LogP contribution >= 0.6 is 7.82 Å². The first-order valence-electron chi connectivity index (χ1n) is 31.5. The van der Waals surface area contributed by atoms with Crippen LogP contribution in [0.1, 0.15) is 232 Å². The molecule has 0 aromatic heterocycles. The van der Waals surface area contributed by atoms with E-state index in [1.165, 1.54) is 70.6 Å². The first-order chi connectivity index (χ1) is 39.0. The average molecular weight is 1130 g/mol. The lowest BCUT2D eigenvalue weighted by Crippen LogP contribution is -2.37. The van der Waals surface area contributed by atoms with Gasteiger partial charge in [-0.25, -0.2) is 0 Å². The summed E-state index contributed by atoms with van der Waals surface area (Å²) in [5, 5.41) is 0. The molecule has 2 unspecified atom stereocenters. The maximum Gasteiger partial charge on any atom is 0.306 e. The molecule has 0 spiro atoms. The average Bonchev–Trinajstić information content (AvgIpc) is 3.42. The summed E-state index contributed by atoms with van der Waals surface area (Å²) in [5.41, 5.74) is 0. The predicted octanol–water partition coefficient (Wildman–Crippen LogP) is 19.6. The molecule has 0 amide bonds. The minimum absolute atomic E-state index is 0.0448. The van der Waals surface area contributed by atoms with Gasteiger partial charge >= 0.3 is 11.9 Å². The van der Waals surface area contributed by atoms with Gasteiger partial charge < -0.3 is 27.9 Å². The summed E-state index contributed by atoms with van der Waals surface area (Å²) in [4.78, 5) is 37.9. The highest BCUT2D eigenvalue weighted by molar-refractivity contribution is 7.45. The number of ether oxygens (including phenoxy) is 2. The normalized spacial score (nSPS) is 14.2. The van der Waals surface area contributed by atoms with Crippen LogP contribution in [0.25, 0.3) is 0 Å². The Morgan fingerprint density at radius 1 is 0.400 bits per heavy atom. The van der Waals surface area contributed by atoms with Gasteiger partial charge in [0, 0.05) is 12.8 Å². The maximum absolute atomic E-state index is 12.8. The van der Waals surface area contributed by atoms with Crippen LogP contribution in [0.2, 0.25) is 0 Å². The van der Waals surface area contributed by atoms with E-state index in [1.807, 2.05) is 21.1 Å². The zero-order valence-corrected chi connectivity index (χ0v) is 52.4. The van der Waals surface area contributed by atoms with Crippen LogP contribution in [-0.2, 0) is 32.7 Å². The Kier molecular flexibility index (Phi) is 56.5. The van der Waals surface area contributed by atoms with Gasteiger partial charge in [-0.2, -0.15) is 0 Å². The van der Waals surface area contributed by atoms with E-state index < -0.39 is 32.5 Å². The summed E-state index contributed by atoms with van der Waals surface area (Å²) in [6.45, 7) is 4.07. The van der Waals surface area contributed by atoms with Gasteiger partial charge in [-0.3, -0.25) is 14.2 Å². The summed E-state index contributed by atoms with van der Waals surface area (Å²) in [5.74, 6) is -0.876. The highest BCUT2D eigenvalue weighted by Gasteiger charge is 2.22. The van der Waals surface area contributed by atoms with Gasteiger partial charge in [0.2, 0.25) is 0 Å². The lowest BCUT2D eigenvalue weighted by atomic mass is 10.1. The molecule has 0 aliphatic heterocycles. The van der Waals surface area contributed by atoms with Crippen molar-refractivity contribution < 1.29 is 42.1 Å². The van der Waals surface area contributed by atoms with Crippen molar-refractivity contribution in [1.29, 1.82) is 0 Å². The first-order valence-corrected chi connectivity index (χ1v) is 33.0. The van der Waals surface area contributed by atoms with E-state index in [0.717, 1.165) is 122 Å². The standard InChI is InChI=1S/C70H116NO8P/c1-6-8-10-12-14-16-18-20-22-24-26-28-29-30-31-32-33-34-35-36-37-38-39-40-41-43-45-47-49-51-53-55-57-59-61-63-70(73)79-68(67-78-80(74,75)77-65-64-71(3,4)5)66-76-69(72)62-60-58-56-54-52-50-48-46-44-42-27-25-23-21-19-17-15-13-11-9-7-2/h8,10,14,16,19-22,25-28,30-31,33-34,36-37,39-40,43,45,49,51,68H,6-7,9,11-13,15,17-18,23-24,29,32,35,38,41-42,44,46-48,50,52-67H2,1-5H3/b10-8-,16-14-,21-19-,22-20-,27-25-,28-26-,31-30-,34-33-,37-36-,40-39-,45-43-,51-49-. The van der Waals surface area contributed by atoms with Gasteiger partial charge in [0.05, 0.1) is 27.7 Å². The van der Waals surface area contributed by atoms with Crippen molar-refractivity contribution >= 4 is 19.8 Å². The van der Waals surface area contributed by atoms with Gasteiger partial charge in [-0.1, -0.05) is 243 Å². The second-order valence-corrected chi connectivity index (χ2v) is 23.1. The number of esters is 2. The lowest BCUT2D eigenvalue weighted by Gasteiger charge is -2.28. The van der Waals surface area contributed by atoms with Gasteiger partial charge in [-0.15, -0.1) is 0 Å². The monoisotopic (exact) mass is 1130 g/mol. The number of quaternary nitrogens is 1. The molecule has 0 N–H and O–H groups in total. The van der Waals surface area contributed by atoms with E-state index in [1.54, 1.807) is 0 Å².